The molecule has 3 rings (SSSR count). The second kappa shape index (κ2) is 8.39. The van der Waals surface area contributed by atoms with Gasteiger partial charge < -0.3 is 19.7 Å². The van der Waals surface area contributed by atoms with Crippen molar-refractivity contribution in [2.75, 3.05) is 20.8 Å². The number of pyridine rings is 1. The van der Waals surface area contributed by atoms with Crippen LogP contribution in [0.15, 0.2) is 41.3 Å². The van der Waals surface area contributed by atoms with Crippen molar-refractivity contribution in [1.82, 2.24) is 9.88 Å². The summed E-state index contributed by atoms with van der Waals surface area (Å²) in [6, 6.07) is 8.63. The van der Waals surface area contributed by atoms with Crippen molar-refractivity contribution in [2.45, 2.75) is 19.4 Å². The lowest BCUT2D eigenvalue weighted by Crippen LogP contribution is -2.32. The molecular formula is C21H24N2O5. The van der Waals surface area contributed by atoms with Crippen molar-refractivity contribution in [3.8, 4) is 5.75 Å². The Morgan fingerprint density at radius 2 is 2.07 bits per heavy atom. The lowest BCUT2D eigenvalue weighted by molar-refractivity contribution is 0.0961. The molecule has 2 aromatic rings. The highest BCUT2D eigenvalue weighted by Crippen LogP contribution is 2.41. The molecule has 0 saturated heterocycles. The van der Waals surface area contributed by atoms with E-state index in [1.165, 1.54) is 23.9 Å². The number of carbonyl (C=O) groups excluding carboxylic acids is 2. The number of aliphatic hydroxyl groups is 1. The Morgan fingerprint density at radius 3 is 2.71 bits per heavy atom. The number of benzene rings is 1. The van der Waals surface area contributed by atoms with Crippen molar-refractivity contribution < 1.29 is 19.4 Å². The largest absolute Gasteiger partial charge is 0.497 e. The molecule has 1 aromatic heterocycles. The fourth-order valence-electron chi connectivity index (χ4n) is 3.31. The van der Waals surface area contributed by atoms with Gasteiger partial charge in [0, 0.05) is 31.8 Å². The Kier molecular flexibility index (Phi) is 5.94. The number of aromatic nitrogens is 1. The van der Waals surface area contributed by atoms with Gasteiger partial charge in [-0.25, -0.2) is 0 Å². The maximum absolute atomic E-state index is 12.8. The van der Waals surface area contributed by atoms with Crippen LogP contribution in [-0.4, -0.2) is 42.1 Å². The van der Waals surface area contributed by atoms with Gasteiger partial charge in [0.25, 0.3) is 11.5 Å². The molecule has 1 unspecified atom stereocenters. The SMILES string of the molecule is CNC(=O)c1cc(C(=O)CC2C[C@H]2CO)cn(Cc2cccc(OC)c2)c1=O. The van der Waals surface area contributed by atoms with Crippen molar-refractivity contribution in [2.24, 2.45) is 11.8 Å². The number of ketones is 1. The molecule has 7 heteroatoms. The number of carbonyl (C=O) groups is 2. The predicted octanol–water partition coefficient (Wildman–Crippen LogP) is 1.47. The van der Waals surface area contributed by atoms with Gasteiger partial charge >= 0.3 is 0 Å². The lowest BCUT2D eigenvalue weighted by Gasteiger charge is -2.12. The Morgan fingerprint density at radius 1 is 1.29 bits per heavy atom. The summed E-state index contributed by atoms with van der Waals surface area (Å²) in [5.41, 5.74) is 0.616. The van der Waals surface area contributed by atoms with Gasteiger partial charge in [0.05, 0.1) is 13.7 Å². The highest BCUT2D eigenvalue weighted by atomic mass is 16.5. The highest BCUT2D eigenvalue weighted by molar-refractivity contribution is 6.00. The number of nitrogens with zero attached hydrogens (tertiary/aromatic N) is 1. The van der Waals surface area contributed by atoms with E-state index in [0.717, 1.165) is 12.0 Å². The zero-order valence-electron chi connectivity index (χ0n) is 16.0. The highest BCUT2D eigenvalue weighted by Gasteiger charge is 2.38. The molecule has 1 heterocycles. The first-order chi connectivity index (χ1) is 13.5. The van der Waals surface area contributed by atoms with Crippen LogP contribution in [0.25, 0.3) is 0 Å². The molecule has 1 aliphatic rings. The standard InChI is InChI=1S/C21H24N2O5/c1-22-20(26)18-8-15(19(25)9-14-7-16(14)12-24)11-23(21(18)27)10-13-4-3-5-17(6-13)28-2/h3-6,8,11,14,16,24H,7,9-10,12H2,1-2H3,(H,22,26)/t14?,16-/m0/s1. The fraction of sp³-hybridized carbons (Fsp3) is 0.381. The van der Waals surface area contributed by atoms with E-state index in [4.69, 9.17) is 4.74 Å². The normalized spacial score (nSPS) is 17.8. The molecule has 1 fully saturated rings. The van der Waals surface area contributed by atoms with Crippen LogP contribution in [-0.2, 0) is 6.54 Å². The Balaban J connectivity index is 1.94. The van der Waals surface area contributed by atoms with E-state index in [0.29, 0.717) is 17.7 Å². The van der Waals surface area contributed by atoms with Crippen molar-refractivity contribution in [3.05, 3.63) is 63.6 Å². The van der Waals surface area contributed by atoms with E-state index < -0.39 is 11.5 Å². The van der Waals surface area contributed by atoms with Crippen molar-refractivity contribution in [3.63, 3.8) is 0 Å². The first-order valence-electron chi connectivity index (χ1n) is 9.20. The van der Waals surface area contributed by atoms with Crippen LogP contribution in [0.1, 0.15) is 39.1 Å². The van der Waals surface area contributed by atoms with Crippen LogP contribution in [0, 0.1) is 11.8 Å². The minimum absolute atomic E-state index is 0.0641. The number of amides is 1. The molecule has 7 nitrogen and oxygen atoms in total. The van der Waals surface area contributed by atoms with Crippen molar-refractivity contribution >= 4 is 11.7 Å². The number of hydrogen-bond donors (Lipinski definition) is 2. The summed E-state index contributed by atoms with van der Waals surface area (Å²) in [6.07, 6.45) is 2.64. The molecule has 1 saturated carbocycles. The number of ether oxygens (including phenoxy) is 1. The lowest BCUT2D eigenvalue weighted by atomic mass is 10.0. The van der Waals surface area contributed by atoms with Crippen molar-refractivity contribution in [1.29, 1.82) is 0 Å². The van der Waals surface area contributed by atoms with E-state index in [9.17, 15) is 19.5 Å². The minimum Gasteiger partial charge on any atom is -0.497 e. The third-order valence-electron chi connectivity index (χ3n) is 5.12. The van der Waals surface area contributed by atoms with Gasteiger partial charge in [0.2, 0.25) is 0 Å². The van der Waals surface area contributed by atoms with Crippen LogP contribution in [0.5, 0.6) is 5.75 Å². The van der Waals surface area contributed by atoms with Crippen LogP contribution in [0.2, 0.25) is 0 Å². The summed E-state index contributed by atoms with van der Waals surface area (Å²) in [5.74, 6) is 0.335. The number of nitrogens with one attached hydrogen (secondary N) is 1. The molecule has 1 amide bonds. The molecule has 1 aliphatic carbocycles. The number of aliphatic hydroxyl groups excluding tert-OH is 1. The number of hydrogen-bond acceptors (Lipinski definition) is 5. The van der Waals surface area contributed by atoms with Crippen LogP contribution in [0.3, 0.4) is 0 Å². The maximum Gasteiger partial charge on any atom is 0.263 e. The second-order valence-corrected chi connectivity index (χ2v) is 7.07. The van der Waals surface area contributed by atoms with E-state index in [1.807, 2.05) is 12.1 Å². The van der Waals surface area contributed by atoms with E-state index >= 15 is 0 Å². The molecule has 0 bridgehead atoms. The molecule has 148 valence electrons. The number of rotatable bonds is 8. The van der Waals surface area contributed by atoms with Gasteiger partial charge in [0.15, 0.2) is 5.78 Å². The molecule has 0 radical (unpaired) electrons. The quantitative estimate of drug-likeness (QED) is 0.672. The van der Waals surface area contributed by atoms with Gasteiger partial charge in [-0.1, -0.05) is 12.1 Å². The predicted molar refractivity (Wildman–Crippen MR) is 104 cm³/mol. The average Bonchev–Trinajstić information content (AvgIpc) is 3.47. The first kappa shape index (κ1) is 19.8. The minimum atomic E-state index is -0.529. The van der Waals surface area contributed by atoms with E-state index in [1.54, 1.807) is 19.2 Å². The summed E-state index contributed by atoms with van der Waals surface area (Å²) in [5, 5.41) is 11.6. The zero-order chi connectivity index (χ0) is 20.3. The smallest absolute Gasteiger partial charge is 0.263 e. The van der Waals surface area contributed by atoms with E-state index in [-0.39, 0.29) is 36.3 Å². The molecule has 0 spiro atoms. The Labute approximate surface area is 163 Å². The topological polar surface area (TPSA) is 97.6 Å². The summed E-state index contributed by atoms with van der Waals surface area (Å²) in [6.45, 7) is 0.292. The van der Waals surface area contributed by atoms with Gasteiger partial charge in [-0.05, 0) is 42.0 Å². The van der Waals surface area contributed by atoms with Crippen LogP contribution < -0.4 is 15.6 Å². The zero-order valence-corrected chi connectivity index (χ0v) is 16.0. The second-order valence-electron chi connectivity index (χ2n) is 7.07. The van der Waals surface area contributed by atoms with E-state index in [2.05, 4.69) is 5.32 Å². The number of methoxy groups -OCH3 is 1. The molecule has 2 N–H and O–H groups in total. The first-order valence-corrected chi connectivity index (χ1v) is 9.20. The van der Waals surface area contributed by atoms with Gasteiger partial charge in [-0.2, -0.15) is 0 Å². The monoisotopic (exact) mass is 384 g/mol. The third-order valence-corrected chi connectivity index (χ3v) is 5.12. The van der Waals surface area contributed by atoms with Gasteiger partial charge in [-0.3, -0.25) is 14.4 Å². The average molecular weight is 384 g/mol. The molecule has 28 heavy (non-hydrogen) atoms. The van der Waals surface area contributed by atoms with Gasteiger partial charge in [0.1, 0.15) is 11.3 Å². The molecule has 2 atom stereocenters. The summed E-state index contributed by atoms with van der Waals surface area (Å²) < 4.78 is 6.59. The Bertz CT molecular complexity index is 950. The third kappa shape index (κ3) is 4.31. The molecular weight excluding hydrogens is 360 g/mol. The summed E-state index contributed by atoms with van der Waals surface area (Å²) >= 11 is 0. The maximum atomic E-state index is 12.8. The summed E-state index contributed by atoms with van der Waals surface area (Å²) in [7, 11) is 3.00. The molecule has 1 aromatic carbocycles. The van der Waals surface area contributed by atoms with Crippen LogP contribution in [0.4, 0.5) is 0 Å². The van der Waals surface area contributed by atoms with Crippen LogP contribution >= 0.6 is 0 Å². The fourth-order valence-corrected chi connectivity index (χ4v) is 3.31. The summed E-state index contributed by atoms with van der Waals surface area (Å²) in [4.78, 5) is 37.6. The van der Waals surface area contributed by atoms with Gasteiger partial charge in [-0.15, -0.1) is 0 Å². The molecule has 0 aliphatic heterocycles. The number of Topliss-reactive ketones (excluding diaryl/α,β-unsaturated/α-hetero) is 1. The Hall–Kier alpha value is -2.93.